The largest absolute Gasteiger partial charge is 0.481 e. The summed E-state index contributed by atoms with van der Waals surface area (Å²) < 4.78 is 49.3. The first-order chi connectivity index (χ1) is 9.18. The molecule has 0 saturated carbocycles. The molecule has 1 rings (SSSR count). The summed E-state index contributed by atoms with van der Waals surface area (Å²) in [5.74, 6) is -4.19. The summed E-state index contributed by atoms with van der Waals surface area (Å²) in [6, 6.07) is 3.70. The maximum Gasteiger partial charge on any atom is 0.471 e. The molecule has 8 heteroatoms. The van der Waals surface area contributed by atoms with Crippen molar-refractivity contribution < 1.29 is 32.3 Å². The molecule has 0 fully saturated rings. The second-order valence-electron chi connectivity index (χ2n) is 4.10. The van der Waals surface area contributed by atoms with Crippen LogP contribution in [-0.4, -0.2) is 29.2 Å². The van der Waals surface area contributed by atoms with Gasteiger partial charge in [0.1, 0.15) is 5.82 Å². The summed E-state index contributed by atoms with van der Waals surface area (Å²) in [6.45, 7) is 0. The number of nitrogens with one attached hydrogen (secondary N) is 1. The van der Waals surface area contributed by atoms with Gasteiger partial charge in [-0.3, -0.25) is 9.59 Å². The van der Waals surface area contributed by atoms with E-state index in [0.717, 1.165) is 12.1 Å². The van der Waals surface area contributed by atoms with Gasteiger partial charge in [-0.2, -0.15) is 13.2 Å². The van der Waals surface area contributed by atoms with Crippen LogP contribution in [0.15, 0.2) is 24.3 Å². The van der Waals surface area contributed by atoms with Crippen molar-refractivity contribution in [1.82, 2.24) is 5.32 Å². The molecule has 1 aromatic carbocycles. The van der Waals surface area contributed by atoms with Crippen molar-refractivity contribution in [3.8, 4) is 0 Å². The zero-order valence-electron chi connectivity index (χ0n) is 10.1. The number of carboxylic acids is 1. The number of hydrogen-bond acceptors (Lipinski definition) is 2. The second kappa shape index (κ2) is 6.36. The molecule has 1 atom stereocenters. The van der Waals surface area contributed by atoms with Crippen molar-refractivity contribution in [2.45, 2.75) is 25.1 Å². The molecule has 0 unspecified atom stereocenters. The summed E-state index contributed by atoms with van der Waals surface area (Å²) in [5.41, 5.74) is 0.290. The first-order valence-corrected chi connectivity index (χ1v) is 5.52. The van der Waals surface area contributed by atoms with Crippen molar-refractivity contribution in [3.05, 3.63) is 35.6 Å². The minimum absolute atomic E-state index is 0.216. The number of carbonyl (C=O) groups excluding carboxylic acids is 1. The molecule has 20 heavy (non-hydrogen) atoms. The zero-order valence-corrected chi connectivity index (χ0v) is 10.1. The van der Waals surface area contributed by atoms with E-state index in [1.54, 1.807) is 5.32 Å². The predicted molar refractivity (Wildman–Crippen MR) is 60.3 cm³/mol. The highest BCUT2D eigenvalue weighted by Gasteiger charge is 2.39. The van der Waals surface area contributed by atoms with Gasteiger partial charge in [0, 0.05) is 6.04 Å². The van der Waals surface area contributed by atoms with E-state index in [2.05, 4.69) is 0 Å². The minimum atomic E-state index is -5.10. The molecular formula is C12H11F4NO3. The van der Waals surface area contributed by atoms with Crippen LogP contribution in [0, 0.1) is 5.82 Å². The van der Waals surface area contributed by atoms with E-state index in [9.17, 15) is 27.2 Å². The standard InChI is InChI=1S/C12H11F4NO3/c13-8-3-1-2-7(4-8)5-9(6-10(18)19)17-11(20)12(14,15)16/h1-4,9H,5-6H2,(H,17,20)(H,18,19)/t9-/m0/s1. The Bertz CT molecular complexity index is 502. The van der Waals surface area contributed by atoms with Gasteiger partial charge in [-0.25, -0.2) is 4.39 Å². The smallest absolute Gasteiger partial charge is 0.471 e. The van der Waals surface area contributed by atoms with Crippen LogP contribution in [0.4, 0.5) is 17.6 Å². The lowest BCUT2D eigenvalue weighted by molar-refractivity contribution is -0.174. The average Bonchev–Trinajstić information content (AvgIpc) is 2.26. The molecule has 1 aromatic rings. The first kappa shape index (κ1) is 15.9. The van der Waals surface area contributed by atoms with Gasteiger partial charge in [-0.15, -0.1) is 0 Å². The predicted octanol–water partition coefficient (Wildman–Crippen LogP) is 1.89. The van der Waals surface area contributed by atoms with Crippen LogP contribution < -0.4 is 5.32 Å². The number of aliphatic carboxylic acids is 1. The molecule has 2 N–H and O–H groups in total. The number of carboxylic acid groups (broad SMARTS) is 1. The lowest BCUT2D eigenvalue weighted by atomic mass is 10.0. The third-order valence-corrected chi connectivity index (χ3v) is 2.38. The minimum Gasteiger partial charge on any atom is -0.481 e. The number of carbonyl (C=O) groups is 2. The highest BCUT2D eigenvalue weighted by atomic mass is 19.4. The topological polar surface area (TPSA) is 66.4 Å². The van der Waals surface area contributed by atoms with Crippen molar-refractivity contribution in [2.24, 2.45) is 0 Å². The molecule has 0 radical (unpaired) electrons. The Morgan fingerprint density at radius 2 is 1.95 bits per heavy atom. The maximum atomic E-state index is 12.9. The Labute approximate surface area is 111 Å². The molecule has 0 aromatic heterocycles. The van der Waals surface area contributed by atoms with Crippen molar-refractivity contribution >= 4 is 11.9 Å². The van der Waals surface area contributed by atoms with Crippen molar-refractivity contribution in [2.75, 3.05) is 0 Å². The number of hydrogen-bond donors (Lipinski definition) is 2. The first-order valence-electron chi connectivity index (χ1n) is 5.52. The van der Waals surface area contributed by atoms with Gasteiger partial charge in [-0.05, 0) is 24.1 Å². The van der Waals surface area contributed by atoms with Crippen LogP contribution in [0.2, 0.25) is 0 Å². The molecule has 0 aliphatic heterocycles. The van der Waals surface area contributed by atoms with Gasteiger partial charge < -0.3 is 10.4 Å². The molecule has 0 heterocycles. The fraction of sp³-hybridized carbons (Fsp3) is 0.333. The summed E-state index contributed by atoms with van der Waals surface area (Å²) in [7, 11) is 0. The molecule has 0 aliphatic rings. The zero-order chi connectivity index (χ0) is 15.3. The van der Waals surface area contributed by atoms with Gasteiger partial charge in [0.15, 0.2) is 0 Å². The van der Waals surface area contributed by atoms with E-state index >= 15 is 0 Å². The summed E-state index contributed by atoms with van der Waals surface area (Å²) in [5, 5.41) is 10.2. The SMILES string of the molecule is O=C(O)C[C@H](Cc1cccc(F)c1)NC(=O)C(F)(F)F. The van der Waals surface area contributed by atoms with E-state index in [1.807, 2.05) is 0 Å². The van der Waals surface area contributed by atoms with Crippen LogP contribution in [-0.2, 0) is 16.0 Å². The van der Waals surface area contributed by atoms with Gasteiger partial charge in [0.25, 0.3) is 0 Å². The third kappa shape index (κ3) is 5.25. The fourth-order valence-electron chi connectivity index (χ4n) is 1.60. The van der Waals surface area contributed by atoms with Crippen LogP contribution in [0.25, 0.3) is 0 Å². The summed E-state index contributed by atoms with van der Waals surface area (Å²) >= 11 is 0. The molecular weight excluding hydrogens is 282 g/mol. The van der Waals surface area contributed by atoms with Gasteiger partial charge in [-0.1, -0.05) is 12.1 Å². The second-order valence-corrected chi connectivity index (χ2v) is 4.10. The highest BCUT2D eigenvalue weighted by molar-refractivity contribution is 5.82. The van der Waals surface area contributed by atoms with Crippen LogP contribution in [0.5, 0.6) is 0 Å². The molecule has 0 spiro atoms. The number of alkyl halides is 3. The Hall–Kier alpha value is -2.12. The van der Waals surface area contributed by atoms with E-state index in [1.165, 1.54) is 12.1 Å². The number of amides is 1. The lowest BCUT2D eigenvalue weighted by Gasteiger charge is -2.18. The maximum absolute atomic E-state index is 12.9. The monoisotopic (exact) mass is 293 g/mol. The van der Waals surface area contributed by atoms with Crippen LogP contribution in [0.3, 0.4) is 0 Å². The molecule has 0 aliphatic carbocycles. The van der Waals surface area contributed by atoms with Gasteiger partial charge in [0.05, 0.1) is 6.42 Å². The highest BCUT2D eigenvalue weighted by Crippen LogP contribution is 2.16. The Morgan fingerprint density at radius 3 is 2.45 bits per heavy atom. The van der Waals surface area contributed by atoms with Crippen LogP contribution >= 0.6 is 0 Å². The number of benzene rings is 1. The molecule has 1 amide bonds. The van der Waals surface area contributed by atoms with Crippen molar-refractivity contribution in [3.63, 3.8) is 0 Å². The fourth-order valence-corrected chi connectivity index (χ4v) is 1.60. The van der Waals surface area contributed by atoms with E-state index in [-0.39, 0.29) is 6.42 Å². The Balaban J connectivity index is 2.79. The normalized spacial score (nSPS) is 12.8. The van der Waals surface area contributed by atoms with Crippen molar-refractivity contribution in [1.29, 1.82) is 0 Å². The molecule has 110 valence electrons. The quantitative estimate of drug-likeness (QED) is 0.815. The van der Waals surface area contributed by atoms with E-state index in [4.69, 9.17) is 5.11 Å². The summed E-state index contributed by atoms with van der Waals surface area (Å²) in [6.07, 6.45) is -6.01. The number of halogens is 4. The van der Waals surface area contributed by atoms with Gasteiger partial charge >= 0.3 is 18.1 Å². The van der Waals surface area contributed by atoms with Crippen LogP contribution in [0.1, 0.15) is 12.0 Å². The van der Waals surface area contributed by atoms with Gasteiger partial charge in [0.2, 0.25) is 0 Å². The number of rotatable bonds is 5. The molecule has 0 bridgehead atoms. The lowest BCUT2D eigenvalue weighted by Crippen LogP contribution is -2.45. The summed E-state index contributed by atoms with van der Waals surface area (Å²) in [4.78, 5) is 21.4. The van der Waals surface area contributed by atoms with E-state index < -0.39 is 36.3 Å². The average molecular weight is 293 g/mol. The molecule has 0 saturated heterocycles. The van der Waals surface area contributed by atoms with E-state index in [0.29, 0.717) is 5.56 Å². The third-order valence-electron chi connectivity index (χ3n) is 2.38. The molecule has 4 nitrogen and oxygen atoms in total. The Morgan fingerprint density at radius 1 is 1.30 bits per heavy atom. The Kier molecular flexibility index (Phi) is 5.06.